The first kappa shape index (κ1) is 18.5. The third kappa shape index (κ3) is 3.39. The molecular formula is C20H27BN2O4. The molecule has 2 aliphatic rings. The average molecular weight is 370 g/mol. The largest absolute Gasteiger partial charge is 0.494 e. The van der Waals surface area contributed by atoms with E-state index in [1.165, 1.54) is 0 Å². The van der Waals surface area contributed by atoms with Gasteiger partial charge >= 0.3 is 7.12 Å². The van der Waals surface area contributed by atoms with Gasteiger partial charge in [-0.3, -0.25) is 4.79 Å². The molecule has 0 aliphatic carbocycles. The molecule has 1 aromatic carbocycles. The molecule has 0 spiro atoms. The van der Waals surface area contributed by atoms with E-state index in [-0.39, 0.29) is 24.2 Å². The van der Waals surface area contributed by atoms with Crippen molar-refractivity contribution in [3.05, 3.63) is 30.5 Å². The van der Waals surface area contributed by atoms with E-state index in [9.17, 15) is 4.79 Å². The van der Waals surface area contributed by atoms with Crippen molar-refractivity contribution in [2.75, 3.05) is 26.3 Å². The highest BCUT2D eigenvalue weighted by molar-refractivity contribution is 6.62. The van der Waals surface area contributed by atoms with Gasteiger partial charge in [0, 0.05) is 24.8 Å². The van der Waals surface area contributed by atoms with Crippen molar-refractivity contribution in [1.82, 2.24) is 9.47 Å². The number of benzene rings is 1. The van der Waals surface area contributed by atoms with E-state index < -0.39 is 0 Å². The summed E-state index contributed by atoms with van der Waals surface area (Å²) in [5.74, 6) is 0.130. The zero-order valence-electron chi connectivity index (χ0n) is 16.5. The van der Waals surface area contributed by atoms with Crippen LogP contribution in [0.5, 0.6) is 0 Å². The second-order valence-corrected chi connectivity index (χ2v) is 8.34. The highest BCUT2D eigenvalue weighted by Crippen LogP contribution is 2.36. The van der Waals surface area contributed by atoms with Gasteiger partial charge in [0.1, 0.15) is 6.54 Å². The predicted octanol–water partition coefficient (Wildman–Crippen LogP) is 1.80. The van der Waals surface area contributed by atoms with Crippen molar-refractivity contribution in [2.24, 2.45) is 0 Å². The van der Waals surface area contributed by atoms with Gasteiger partial charge in [-0.25, -0.2) is 0 Å². The fraction of sp³-hybridized carbons (Fsp3) is 0.550. The third-order valence-electron chi connectivity index (χ3n) is 5.99. The first-order valence-electron chi connectivity index (χ1n) is 9.57. The molecule has 2 aliphatic heterocycles. The maximum Gasteiger partial charge on any atom is 0.494 e. The van der Waals surface area contributed by atoms with Crippen LogP contribution in [0.1, 0.15) is 27.7 Å². The Balaban J connectivity index is 1.53. The Morgan fingerprint density at radius 1 is 1.07 bits per heavy atom. The molecule has 2 fully saturated rings. The SMILES string of the molecule is CC1(C)OB(c2ccc3c(ccn3CC(=O)N3CCOCC3)c2)OC1(C)C. The molecule has 2 aromatic rings. The van der Waals surface area contributed by atoms with E-state index >= 15 is 0 Å². The summed E-state index contributed by atoms with van der Waals surface area (Å²) in [6, 6.07) is 8.20. The Hall–Kier alpha value is -1.83. The van der Waals surface area contributed by atoms with Crippen molar-refractivity contribution >= 4 is 29.4 Å². The zero-order chi connectivity index (χ0) is 19.2. The van der Waals surface area contributed by atoms with Gasteiger partial charge in [-0.2, -0.15) is 0 Å². The molecule has 6 nitrogen and oxygen atoms in total. The lowest BCUT2D eigenvalue weighted by molar-refractivity contribution is -0.135. The minimum absolute atomic E-state index is 0.130. The molecule has 7 heteroatoms. The summed E-state index contributed by atoms with van der Waals surface area (Å²) < 4.78 is 19.6. The lowest BCUT2D eigenvalue weighted by atomic mass is 9.79. The second-order valence-electron chi connectivity index (χ2n) is 8.34. The van der Waals surface area contributed by atoms with Crippen LogP contribution in [-0.2, 0) is 25.4 Å². The van der Waals surface area contributed by atoms with Gasteiger partial charge in [0.2, 0.25) is 5.91 Å². The molecular weight excluding hydrogens is 343 g/mol. The Labute approximate surface area is 160 Å². The first-order valence-corrected chi connectivity index (χ1v) is 9.57. The van der Waals surface area contributed by atoms with E-state index in [1.807, 2.05) is 33.9 Å². The standard InChI is InChI=1S/C20H27BN2O4/c1-19(2)20(3,4)27-21(26-19)16-5-6-17-15(13-16)7-8-23(17)14-18(24)22-9-11-25-12-10-22/h5-8,13H,9-12,14H2,1-4H3. The lowest BCUT2D eigenvalue weighted by Crippen LogP contribution is -2.42. The van der Waals surface area contributed by atoms with Crippen LogP contribution in [0.2, 0.25) is 0 Å². The van der Waals surface area contributed by atoms with E-state index in [0.29, 0.717) is 32.8 Å². The van der Waals surface area contributed by atoms with Crippen LogP contribution in [0, 0.1) is 0 Å². The van der Waals surface area contributed by atoms with Gasteiger partial charge < -0.3 is 23.5 Å². The van der Waals surface area contributed by atoms with Crippen molar-refractivity contribution < 1.29 is 18.8 Å². The number of hydrogen-bond acceptors (Lipinski definition) is 4. The number of fused-ring (bicyclic) bond motifs is 1. The summed E-state index contributed by atoms with van der Waals surface area (Å²) >= 11 is 0. The molecule has 0 radical (unpaired) electrons. The van der Waals surface area contributed by atoms with Gasteiger partial charge in [0.25, 0.3) is 0 Å². The van der Waals surface area contributed by atoms with Gasteiger partial charge in [-0.1, -0.05) is 12.1 Å². The number of nitrogens with zero attached hydrogens (tertiary/aromatic N) is 2. The number of amides is 1. The Kier molecular flexibility index (Phi) is 4.57. The van der Waals surface area contributed by atoms with E-state index in [2.05, 4.69) is 33.8 Å². The number of ether oxygens (including phenoxy) is 1. The van der Waals surface area contributed by atoms with Crippen molar-refractivity contribution in [2.45, 2.75) is 45.4 Å². The van der Waals surface area contributed by atoms with Crippen LogP contribution in [0.3, 0.4) is 0 Å². The average Bonchev–Trinajstić information content (AvgIpc) is 3.12. The third-order valence-corrected chi connectivity index (χ3v) is 5.99. The second kappa shape index (κ2) is 6.65. The monoisotopic (exact) mass is 370 g/mol. The predicted molar refractivity (Wildman–Crippen MR) is 105 cm³/mol. The Bertz CT molecular complexity index is 839. The molecule has 0 unspecified atom stereocenters. The Morgan fingerprint density at radius 2 is 1.74 bits per heavy atom. The molecule has 1 aromatic heterocycles. The number of hydrogen-bond donors (Lipinski definition) is 0. The maximum atomic E-state index is 12.5. The molecule has 0 saturated carbocycles. The first-order chi connectivity index (χ1) is 12.8. The van der Waals surface area contributed by atoms with Gasteiger partial charge in [0.05, 0.1) is 24.4 Å². The molecule has 144 valence electrons. The molecule has 4 rings (SSSR count). The van der Waals surface area contributed by atoms with Crippen LogP contribution in [0.15, 0.2) is 30.5 Å². The number of morpholine rings is 1. The molecule has 0 atom stereocenters. The molecule has 3 heterocycles. The van der Waals surface area contributed by atoms with E-state index in [1.54, 1.807) is 0 Å². The highest BCUT2D eigenvalue weighted by Gasteiger charge is 2.51. The van der Waals surface area contributed by atoms with Crippen molar-refractivity contribution in [3.63, 3.8) is 0 Å². The molecule has 1 amide bonds. The number of carbonyl (C=O) groups excluding carboxylic acids is 1. The maximum absolute atomic E-state index is 12.5. The molecule has 27 heavy (non-hydrogen) atoms. The summed E-state index contributed by atoms with van der Waals surface area (Å²) in [5.41, 5.74) is 1.32. The van der Waals surface area contributed by atoms with Crippen LogP contribution in [0.4, 0.5) is 0 Å². The molecule has 0 bridgehead atoms. The van der Waals surface area contributed by atoms with E-state index in [4.69, 9.17) is 14.0 Å². The summed E-state index contributed by atoms with van der Waals surface area (Å²) in [6.07, 6.45) is 1.97. The summed E-state index contributed by atoms with van der Waals surface area (Å²) in [6.45, 7) is 11.1. The van der Waals surface area contributed by atoms with Gasteiger partial charge in [0.15, 0.2) is 0 Å². The summed E-state index contributed by atoms with van der Waals surface area (Å²) in [5, 5.41) is 1.08. The fourth-order valence-corrected chi connectivity index (χ4v) is 3.54. The van der Waals surface area contributed by atoms with Crippen LogP contribution >= 0.6 is 0 Å². The van der Waals surface area contributed by atoms with E-state index in [0.717, 1.165) is 16.4 Å². The topological polar surface area (TPSA) is 52.9 Å². The fourth-order valence-electron chi connectivity index (χ4n) is 3.54. The van der Waals surface area contributed by atoms with Crippen LogP contribution in [-0.4, -0.2) is 60.0 Å². The minimum atomic E-state index is -0.377. The normalized spacial score (nSPS) is 21.8. The lowest BCUT2D eigenvalue weighted by Gasteiger charge is -2.32. The number of rotatable bonds is 3. The molecule has 0 N–H and O–H groups in total. The zero-order valence-corrected chi connectivity index (χ0v) is 16.5. The van der Waals surface area contributed by atoms with Crippen molar-refractivity contribution in [1.29, 1.82) is 0 Å². The Morgan fingerprint density at radius 3 is 2.41 bits per heavy atom. The van der Waals surface area contributed by atoms with Gasteiger partial charge in [-0.05, 0) is 50.7 Å². The minimum Gasteiger partial charge on any atom is -0.399 e. The van der Waals surface area contributed by atoms with Crippen LogP contribution in [0.25, 0.3) is 10.9 Å². The quantitative estimate of drug-likeness (QED) is 0.774. The highest BCUT2D eigenvalue weighted by atomic mass is 16.7. The van der Waals surface area contributed by atoms with Crippen LogP contribution < -0.4 is 5.46 Å². The molecule has 2 saturated heterocycles. The summed E-state index contributed by atoms with van der Waals surface area (Å²) in [7, 11) is -0.377. The van der Waals surface area contributed by atoms with Crippen molar-refractivity contribution in [3.8, 4) is 0 Å². The smallest absolute Gasteiger partial charge is 0.399 e. The number of carbonyl (C=O) groups is 1. The summed E-state index contributed by atoms with van der Waals surface area (Å²) in [4.78, 5) is 14.4. The number of aromatic nitrogens is 1. The van der Waals surface area contributed by atoms with Gasteiger partial charge in [-0.15, -0.1) is 0 Å².